The molecular weight excluding hydrogens is 430 g/mol. The van der Waals surface area contributed by atoms with Crippen molar-refractivity contribution in [2.75, 3.05) is 18.5 Å². The van der Waals surface area contributed by atoms with Gasteiger partial charge in [-0.25, -0.2) is 0 Å². The van der Waals surface area contributed by atoms with Gasteiger partial charge in [-0.2, -0.15) is 0 Å². The van der Waals surface area contributed by atoms with E-state index in [1.165, 1.54) is 5.56 Å². The van der Waals surface area contributed by atoms with E-state index in [-0.39, 0.29) is 18.9 Å². The van der Waals surface area contributed by atoms with Crippen LogP contribution in [0.4, 0.5) is 5.69 Å². The van der Waals surface area contributed by atoms with Gasteiger partial charge in [-0.1, -0.05) is 42.5 Å². The van der Waals surface area contributed by atoms with Gasteiger partial charge < -0.3 is 19.9 Å². The molecule has 0 aliphatic carbocycles. The van der Waals surface area contributed by atoms with Crippen LogP contribution in [-0.4, -0.2) is 30.2 Å². The van der Waals surface area contributed by atoms with Gasteiger partial charge in [0, 0.05) is 12.0 Å². The van der Waals surface area contributed by atoms with Gasteiger partial charge in [0.15, 0.2) is 0 Å². The van der Waals surface area contributed by atoms with Crippen LogP contribution >= 0.6 is 0 Å². The molecule has 3 aromatic rings. The van der Waals surface area contributed by atoms with Crippen LogP contribution in [0.1, 0.15) is 46.3 Å². The Labute approximate surface area is 200 Å². The second-order valence-electron chi connectivity index (χ2n) is 8.09. The third-order valence-corrected chi connectivity index (χ3v) is 5.62. The Kier molecular flexibility index (Phi) is 9.09. The van der Waals surface area contributed by atoms with E-state index in [1.54, 1.807) is 18.2 Å². The summed E-state index contributed by atoms with van der Waals surface area (Å²) in [5, 5.41) is 11.7. The first-order valence-electron chi connectivity index (χ1n) is 11.5. The summed E-state index contributed by atoms with van der Waals surface area (Å²) in [6, 6.07) is 21.1. The molecule has 1 amide bonds. The molecule has 34 heavy (non-hydrogen) atoms. The molecule has 0 aliphatic heterocycles. The predicted molar refractivity (Wildman–Crippen MR) is 133 cm³/mol. The summed E-state index contributed by atoms with van der Waals surface area (Å²) in [4.78, 5) is 23.7. The summed E-state index contributed by atoms with van der Waals surface area (Å²) in [6.07, 6.45) is 2.29. The lowest BCUT2D eigenvalue weighted by atomic mass is 10.0. The molecule has 2 N–H and O–H groups in total. The number of para-hydroxylation sites is 2. The molecule has 0 saturated carbocycles. The van der Waals surface area contributed by atoms with Crippen LogP contribution < -0.4 is 14.8 Å². The van der Waals surface area contributed by atoms with Gasteiger partial charge in [-0.3, -0.25) is 9.59 Å². The Morgan fingerprint density at radius 3 is 2.24 bits per heavy atom. The van der Waals surface area contributed by atoms with Crippen molar-refractivity contribution >= 4 is 17.6 Å². The van der Waals surface area contributed by atoms with E-state index in [0.29, 0.717) is 30.0 Å². The van der Waals surface area contributed by atoms with Crippen molar-refractivity contribution in [1.29, 1.82) is 0 Å². The summed E-state index contributed by atoms with van der Waals surface area (Å²) in [7, 11) is 0. The number of rotatable bonds is 12. The highest BCUT2D eigenvalue weighted by molar-refractivity contribution is 6.06. The minimum Gasteiger partial charge on any atom is -0.493 e. The van der Waals surface area contributed by atoms with Crippen LogP contribution in [0.2, 0.25) is 0 Å². The van der Waals surface area contributed by atoms with Gasteiger partial charge in [0.25, 0.3) is 5.91 Å². The molecule has 0 spiro atoms. The third kappa shape index (κ3) is 7.10. The van der Waals surface area contributed by atoms with Crippen molar-refractivity contribution in [3.63, 3.8) is 0 Å². The first-order chi connectivity index (χ1) is 16.5. The van der Waals surface area contributed by atoms with Crippen LogP contribution in [0.5, 0.6) is 11.5 Å². The smallest absolute Gasteiger partial charge is 0.303 e. The number of aliphatic carboxylic acids is 1. The van der Waals surface area contributed by atoms with Crippen molar-refractivity contribution in [3.05, 3.63) is 89.0 Å². The molecule has 0 bridgehead atoms. The quantitative estimate of drug-likeness (QED) is 0.333. The molecule has 0 aromatic heterocycles. The average molecular weight is 462 g/mol. The molecule has 6 nitrogen and oxygen atoms in total. The standard InChI is InChI=1S/C28H31NO5/c1-20-21(2)25(33-18-8-12-22-10-4-3-5-11-22)17-16-23(20)28(32)29-24-13-6-7-14-26(24)34-19-9-15-27(30)31/h3-7,10-11,13-14,16-17H,8-9,12,15,18-19H2,1-2H3,(H,29,32)(H,30,31). The topological polar surface area (TPSA) is 84.9 Å². The zero-order chi connectivity index (χ0) is 24.3. The molecule has 0 heterocycles. The van der Waals surface area contributed by atoms with E-state index in [4.69, 9.17) is 14.6 Å². The fourth-order valence-electron chi connectivity index (χ4n) is 3.59. The number of benzene rings is 3. The fraction of sp³-hybridized carbons (Fsp3) is 0.286. The van der Waals surface area contributed by atoms with Gasteiger partial charge in [0.05, 0.1) is 18.9 Å². The first kappa shape index (κ1) is 24.8. The third-order valence-electron chi connectivity index (χ3n) is 5.62. The normalized spacial score (nSPS) is 10.5. The number of nitrogens with one attached hydrogen (secondary N) is 1. The van der Waals surface area contributed by atoms with E-state index < -0.39 is 5.97 Å². The molecule has 178 valence electrons. The first-order valence-corrected chi connectivity index (χ1v) is 11.5. The minimum absolute atomic E-state index is 0.0354. The largest absolute Gasteiger partial charge is 0.493 e. The summed E-state index contributed by atoms with van der Waals surface area (Å²) < 4.78 is 11.7. The summed E-state index contributed by atoms with van der Waals surface area (Å²) in [5.74, 6) is 0.190. The van der Waals surface area contributed by atoms with E-state index in [2.05, 4.69) is 17.4 Å². The van der Waals surface area contributed by atoms with Crippen molar-refractivity contribution < 1.29 is 24.2 Å². The number of hydrogen-bond donors (Lipinski definition) is 2. The zero-order valence-corrected chi connectivity index (χ0v) is 19.7. The number of carbonyl (C=O) groups is 2. The van der Waals surface area contributed by atoms with Crippen LogP contribution in [0.25, 0.3) is 0 Å². The van der Waals surface area contributed by atoms with Crippen LogP contribution in [-0.2, 0) is 11.2 Å². The molecule has 3 aromatic carbocycles. The molecular formula is C28H31NO5. The highest BCUT2D eigenvalue weighted by Gasteiger charge is 2.15. The van der Waals surface area contributed by atoms with Crippen LogP contribution in [0.15, 0.2) is 66.7 Å². The van der Waals surface area contributed by atoms with E-state index in [9.17, 15) is 9.59 Å². The lowest BCUT2D eigenvalue weighted by molar-refractivity contribution is -0.137. The number of carbonyl (C=O) groups excluding carboxylic acids is 1. The van der Waals surface area contributed by atoms with Gasteiger partial charge >= 0.3 is 5.97 Å². The Balaban J connectivity index is 1.59. The van der Waals surface area contributed by atoms with Gasteiger partial charge in [0.2, 0.25) is 0 Å². The second kappa shape index (κ2) is 12.4. The lowest BCUT2D eigenvalue weighted by Crippen LogP contribution is -2.15. The zero-order valence-electron chi connectivity index (χ0n) is 19.7. The van der Waals surface area contributed by atoms with E-state index in [0.717, 1.165) is 29.7 Å². The Bertz CT molecular complexity index is 1110. The van der Waals surface area contributed by atoms with Gasteiger partial charge in [-0.15, -0.1) is 0 Å². The molecule has 0 saturated heterocycles. The summed E-state index contributed by atoms with van der Waals surface area (Å²) in [6.45, 7) is 4.73. The van der Waals surface area contributed by atoms with Crippen LogP contribution in [0, 0.1) is 13.8 Å². The highest BCUT2D eigenvalue weighted by Crippen LogP contribution is 2.28. The lowest BCUT2D eigenvalue weighted by Gasteiger charge is -2.16. The molecule has 3 rings (SSSR count). The predicted octanol–water partition coefficient (Wildman–Crippen LogP) is 5.81. The Hall–Kier alpha value is -3.80. The maximum atomic E-state index is 13.0. The Morgan fingerprint density at radius 2 is 1.47 bits per heavy atom. The number of ether oxygens (including phenoxy) is 2. The minimum atomic E-state index is -0.861. The number of carboxylic acid groups (broad SMARTS) is 1. The number of carboxylic acids is 1. The SMILES string of the molecule is Cc1c(OCCCc2ccccc2)ccc(C(=O)Nc2ccccc2OCCCC(=O)O)c1C. The van der Waals surface area contributed by atoms with Gasteiger partial charge in [-0.05, 0) is 74.1 Å². The summed E-state index contributed by atoms with van der Waals surface area (Å²) in [5.41, 5.74) is 4.19. The number of amides is 1. The highest BCUT2D eigenvalue weighted by atomic mass is 16.5. The maximum Gasteiger partial charge on any atom is 0.303 e. The molecule has 6 heteroatoms. The van der Waals surface area contributed by atoms with Crippen molar-refractivity contribution in [3.8, 4) is 11.5 Å². The molecule has 0 unspecified atom stereocenters. The summed E-state index contributed by atoms with van der Waals surface area (Å²) >= 11 is 0. The average Bonchev–Trinajstić information content (AvgIpc) is 2.83. The van der Waals surface area contributed by atoms with Crippen molar-refractivity contribution in [2.45, 2.75) is 39.5 Å². The maximum absolute atomic E-state index is 13.0. The molecule has 0 fully saturated rings. The van der Waals surface area contributed by atoms with Crippen molar-refractivity contribution in [1.82, 2.24) is 0 Å². The van der Waals surface area contributed by atoms with Gasteiger partial charge in [0.1, 0.15) is 11.5 Å². The van der Waals surface area contributed by atoms with Crippen LogP contribution in [0.3, 0.4) is 0 Å². The van der Waals surface area contributed by atoms with Crippen molar-refractivity contribution in [2.24, 2.45) is 0 Å². The molecule has 0 radical (unpaired) electrons. The molecule has 0 aliphatic rings. The second-order valence-corrected chi connectivity index (χ2v) is 8.09. The Morgan fingerprint density at radius 1 is 0.794 bits per heavy atom. The number of hydrogen-bond acceptors (Lipinski definition) is 4. The fourth-order valence-corrected chi connectivity index (χ4v) is 3.59. The molecule has 0 atom stereocenters. The number of aryl methyl sites for hydroxylation is 1. The number of anilines is 1. The van der Waals surface area contributed by atoms with E-state index in [1.807, 2.05) is 50.2 Å². The van der Waals surface area contributed by atoms with E-state index >= 15 is 0 Å². The monoisotopic (exact) mass is 461 g/mol.